The van der Waals surface area contributed by atoms with E-state index in [2.05, 4.69) is 10.4 Å². The van der Waals surface area contributed by atoms with Gasteiger partial charge < -0.3 is 10.0 Å². The predicted molar refractivity (Wildman–Crippen MR) is 81.6 cm³/mol. The van der Waals surface area contributed by atoms with Crippen LogP contribution in [0.4, 0.5) is 10.6 Å². The van der Waals surface area contributed by atoms with Crippen LogP contribution in [0.5, 0.6) is 0 Å². The van der Waals surface area contributed by atoms with E-state index in [0.717, 1.165) is 11.3 Å². The third-order valence-electron chi connectivity index (χ3n) is 3.11. The number of carbonyl (C=O) groups excluding carboxylic acids is 1. The number of rotatable bonds is 4. The van der Waals surface area contributed by atoms with Crippen molar-refractivity contribution in [1.29, 1.82) is 0 Å². The maximum absolute atomic E-state index is 12.1. The summed E-state index contributed by atoms with van der Waals surface area (Å²) in [6, 6.07) is 9.26. The van der Waals surface area contributed by atoms with Gasteiger partial charge in [0.25, 0.3) is 0 Å². The van der Waals surface area contributed by atoms with Gasteiger partial charge in [-0.3, -0.25) is 5.32 Å². The Labute approximate surface area is 124 Å². The molecule has 1 aromatic carbocycles. The number of nitrogens with one attached hydrogen (secondary N) is 1. The summed E-state index contributed by atoms with van der Waals surface area (Å²) in [6.45, 7) is 3.90. The molecule has 1 aromatic heterocycles. The highest BCUT2D eigenvalue weighted by Crippen LogP contribution is 2.18. The zero-order valence-corrected chi connectivity index (χ0v) is 12.4. The van der Waals surface area contributed by atoms with Gasteiger partial charge in [0, 0.05) is 19.7 Å². The van der Waals surface area contributed by atoms with E-state index < -0.39 is 6.10 Å². The van der Waals surface area contributed by atoms with Crippen LogP contribution in [0.15, 0.2) is 36.5 Å². The lowest BCUT2D eigenvalue weighted by Gasteiger charge is -2.19. The van der Waals surface area contributed by atoms with Gasteiger partial charge in [-0.1, -0.05) is 18.2 Å². The van der Waals surface area contributed by atoms with Gasteiger partial charge in [0.2, 0.25) is 0 Å². The fourth-order valence-electron chi connectivity index (χ4n) is 2.08. The summed E-state index contributed by atoms with van der Waals surface area (Å²) in [5.41, 5.74) is 1.98. The summed E-state index contributed by atoms with van der Waals surface area (Å²) in [5, 5.41) is 16.4. The van der Waals surface area contributed by atoms with Crippen molar-refractivity contribution in [3.05, 3.63) is 42.1 Å². The Balaban J connectivity index is 2.18. The van der Waals surface area contributed by atoms with Crippen molar-refractivity contribution in [3.63, 3.8) is 0 Å². The number of anilines is 1. The van der Waals surface area contributed by atoms with Crippen LogP contribution >= 0.6 is 0 Å². The van der Waals surface area contributed by atoms with Crippen molar-refractivity contribution < 1.29 is 9.90 Å². The zero-order chi connectivity index (χ0) is 15.4. The van der Waals surface area contributed by atoms with E-state index in [-0.39, 0.29) is 12.6 Å². The van der Waals surface area contributed by atoms with Gasteiger partial charge in [-0.15, -0.1) is 0 Å². The molecule has 0 saturated carbocycles. The zero-order valence-electron chi connectivity index (χ0n) is 12.4. The van der Waals surface area contributed by atoms with Gasteiger partial charge in [0.05, 0.1) is 18.0 Å². The molecule has 0 radical (unpaired) electrons. The number of urea groups is 1. The Hall–Kier alpha value is -2.34. The SMILES string of the molecule is Cc1ccccc1-n1nccc1NC(=O)N(C)C[C@H](C)O. The molecule has 0 unspecified atom stereocenters. The van der Waals surface area contributed by atoms with Crippen molar-refractivity contribution >= 4 is 11.8 Å². The number of carbonyl (C=O) groups is 1. The number of aliphatic hydroxyl groups excluding tert-OH is 1. The molecular formula is C15H20N4O2. The minimum absolute atomic E-state index is 0.268. The van der Waals surface area contributed by atoms with Crippen molar-refractivity contribution in [3.8, 4) is 5.69 Å². The Morgan fingerprint density at radius 3 is 2.81 bits per heavy atom. The van der Waals surface area contributed by atoms with Gasteiger partial charge >= 0.3 is 6.03 Å². The highest BCUT2D eigenvalue weighted by Gasteiger charge is 2.14. The smallest absolute Gasteiger partial charge is 0.322 e. The number of benzene rings is 1. The molecule has 6 heteroatoms. The fourth-order valence-corrected chi connectivity index (χ4v) is 2.08. The summed E-state index contributed by atoms with van der Waals surface area (Å²) < 4.78 is 1.68. The average molecular weight is 288 g/mol. The molecule has 0 fully saturated rings. The number of hydrogen-bond acceptors (Lipinski definition) is 3. The van der Waals surface area contributed by atoms with Crippen LogP contribution in [0.3, 0.4) is 0 Å². The summed E-state index contributed by atoms with van der Waals surface area (Å²) in [4.78, 5) is 13.5. The molecule has 0 aliphatic heterocycles. The summed E-state index contributed by atoms with van der Waals surface area (Å²) in [7, 11) is 1.64. The van der Waals surface area contributed by atoms with Crippen molar-refractivity contribution in [2.45, 2.75) is 20.0 Å². The Kier molecular flexibility index (Phi) is 4.59. The number of amides is 2. The van der Waals surface area contributed by atoms with Crippen LogP contribution in [-0.4, -0.2) is 45.5 Å². The molecule has 2 N–H and O–H groups in total. The minimum Gasteiger partial charge on any atom is -0.392 e. The molecule has 1 atom stereocenters. The highest BCUT2D eigenvalue weighted by atomic mass is 16.3. The van der Waals surface area contributed by atoms with E-state index in [4.69, 9.17) is 0 Å². The van der Waals surface area contributed by atoms with Crippen molar-refractivity contribution in [2.24, 2.45) is 0 Å². The molecule has 0 aliphatic rings. The molecule has 1 heterocycles. The molecule has 2 rings (SSSR count). The Morgan fingerprint density at radius 2 is 2.14 bits per heavy atom. The molecule has 0 spiro atoms. The van der Waals surface area contributed by atoms with Gasteiger partial charge in [0.15, 0.2) is 0 Å². The fraction of sp³-hybridized carbons (Fsp3) is 0.333. The summed E-state index contributed by atoms with van der Waals surface area (Å²) in [5.74, 6) is 0.590. The van der Waals surface area contributed by atoms with E-state index in [1.165, 1.54) is 4.90 Å². The first-order valence-electron chi connectivity index (χ1n) is 6.79. The van der Waals surface area contributed by atoms with Gasteiger partial charge in [0.1, 0.15) is 5.82 Å². The first-order chi connectivity index (χ1) is 9.99. The number of nitrogens with zero attached hydrogens (tertiary/aromatic N) is 3. The first kappa shape index (κ1) is 15.1. The highest BCUT2D eigenvalue weighted by molar-refractivity contribution is 5.88. The third-order valence-corrected chi connectivity index (χ3v) is 3.11. The van der Waals surface area contributed by atoms with Gasteiger partial charge in [-0.25, -0.2) is 9.48 Å². The van der Waals surface area contributed by atoms with Gasteiger partial charge in [-0.2, -0.15) is 5.10 Å². The molecule has 2 aromatic rings. The minimum atomic E-state index is -0.568. The lowest BCUT2D eigenvalue weighted by atomic mass is 10.2. The molecule has 0 aliphatic carbocycles. The molecule has 2 amide bonds. The second-order valence-corrected chi connectivity index (χ2v) is 5.07. The van der Waals surface area contributed by atoms with E-state index in [1.807, 2.05) is 31.2 Å². The van der Waals surface area contributed by atoms with Crippen LogP contribution in [0.2, 0.25) is 0 Å². The molecule has 6 nitrogen and oxygen atoms in total. The van der Waals surface area contributed by atoms with Crippen molar-refractivity contribution in [1.82, 2.24) is 14.7 Å². The second kappa shape index (κ2) is 6.41. The van der Waals surface area contributed by atoms with E-state index in [1.54, 1.807) is 30.9 Å². The molecule has 0 saturated heterocycles. The van der Waals surface area contributed by atoms with Crippen LogP contribution in [0.1, 0.15) is 12.5 Å². The van der Waals surface area contributed by atoms with Crippen LogP contribution in [0.25, 0.3) is 5.69 Å². The van der Waals surface area contributed by atoms with E-state index in [0.29, 0.717) is 5.82 Å². The third kappa shape index (κ3) is 3.61. The van der Waals surface area contributed by atoms with Gasteiger partial charge in [-0.05, 0) is 25.5 Å². The van der Waals surface area contributed by atoms with E-state index in [9.17, 15) is 9.90 Å². The van der Waals surface area contributed by atoms with Crippen LogP contribution in [-0.2, 0) is 0 Å². The number of aromatic nitrogens is 2. The molecule has 0 bridgehead atoms. The number of para-hydroxylation sites is 1. The Morgan fingerprint density at radius 1 is 1.43 bits per heavy atom. The monoisotopic (exact) mass is 288 g/mol. The summed E-state index contributed by atoms with van der Waals surface area (Å²) >= 11 is 0. The Bertz CT molecular complexity index is 622. The average Bonchev–Trinajstić information content (AvgIpc) is 2.86. The number of likely N-dealkylation sites (N-methyl/N-ethyl adjacent to an activating group) is 1. The van der Waals surface area contributed by atoms with Crippen LogP contribution < -0.4 is 5.32 Å². The number of aryl methyl sites for hydroxylation is 1. The maximum atomic E-state index is 12.1. The topological polar surface area (TPSA) is 70.4 Å². The maximum Gasteiger partial charge on any atom is 0.322 e. The predicted octanol–water partition coefficient (Wildman–Crippen LogP) is 2.03. The molecule has 21 heavy (non-hydrogen) atoms. The standard InChI is InChI=1S/C15H20N4O2/c1-11-6-4-5-7-13(11)19-14(8-9-16-19)17-15(21)18(3)10-12(2)20/h4-9,12,20H,10H2,1-3H3,(H,17,21)/t12-/m0/s1. The normalized spacial score (nSPS) is 12.0. The lowest BCUT2D eigenvalue weighted by molar-refractivity contribution is 0.149. The van der Waals surface area contributed by atoms with Crippen LogP contribution in [0, 0.1) is 6.92 Å². The van der Waals surface area contributed by atoms with E-state index >= 15 is 0 Å². The van der Waals surface area contributed by atoms with Crippen molar-refractivity contribution in [2.75, 3.05) is 18.9 Å². The molecular weight excluding hydrogens is 268 g/mol. The number of hydrogen-bond donors (Lipinski definition) is 2. The lowest BCUT2D eigenvalue weighted by Crippen LogP contribution is -2.36. The largest absolute Gasteiger partial charge is 0.392 e. The number of aliphatic hydroxyl groups is 1. The quantitative estimate of drug-likeness (QED) is 0.904. The molecule has 112 valence electrons. The summed E-state index contributed by atoms with van der Waals surface area (Å²) in [6.07, 6.45) is 1.07. The second-order valence-electron chi connectivity index (χ2n) is 5.07. The first-order valence-corrected chi connectivity index (χ1v) is 6.79.